The molecule has 6 N–H and O–H groups in total. The van der Waals surface area contributed by atoms with E-state index < -0.39 is 0 Å². The lowest BCUT2D eigenvalue weighted by molar-refractivity contribution is 1.40. The quantitative estimate of drug-likeness (QED) is 0.486. The minimum absolute atomic E-state index is 0.336. The lowest BCUT2D eigenvalue weighted by Crippen LogP contribution is -2.01. The molecule has 5 nitrogen and oxygen atoms in total. The summed E-state index contributed by atoms with van der Waals surface area (Å²) in [4.78, 5) is 7.49. The third-order valence-electron chi connectivity index (χ3n) is 2.13. The van der Waals surface area contributed by atoms with E-state index in [-0.39, 0.29) is 0 Å². The van der Waals surface area contributed by atoms with E-state index in [0.29, 0.717) is 34.0 Å². The molecule has 1 aromatic rings. The average molecular weight is 191 g/mol. The van der Waals surface area contributed by atoms with Crippen LogP contribution in [0, 0.1) is 6.92 Å². The Morgan fingerprint density at radius 2 is 1.36 bits per heavy atom. The van der Waals surface area contributed by atoms with Crippen LogP contribution in [0.3, 0.4) is 0 Å². The number of benzene rings is 1. The number of hydrogen-bond acceptors (Lipinski definition) is 5. The van der Waals surface area contributed by atoms with Crippen molar-refractivity contribution in [1.82, 2.24) is 0 Å². The Hall–Kier alpha value is -2.04. The number of aliphatic imine (C=N–C) groups is 2. The Bertz CT molecular complexity index is 373. The van der Waals surface area contributed by atoms with E-state index in [9.17, 15) is 0 Å². The fourth-order valence-electron chi connectivity index (χ4n) is 1.29. The van der Waals surface area contributed by atoms with Crippen LogP contribution in [0.2, 0.25) is 0 Å². The van der Waals surface area contributed by atoms with E-state index in [1.807, 2.05) is 0 Å². The minimum atomic E-state index is 0.336. The summed E-state index contributed by atoms with van der Waals surface area (Å²) in [5, 5.41) is 0. The summed E-state index contributed by atoms with van der Waals surface area (Å²) in [5.74, 6) is 0. The lowest BCUT2D eigenvalue weighted by Gasteiger charge is -2.13. The normalized spacial score (nSPS) is 9.79. The molecule has 14 heavy (non-hydrogen) atoms. The van der Waals surface area contributed by atoms with Crippen molar-refractivity contribution in [2.45, 2.75) is 6.92 Å². The topological polar surface area (TPSA) is 103 Å². The summed E-state index contributed by atoms with van der Waals surface area (Å²) in [6.07, 6.45) is 0. The molecule has 0 aliphatic carbocycles. The molecule has 0 amide bonds. The molecule has 0 saturated carbocycles. The second-order valence-corrected chi connectivity index (χ2v) is 2.88. The van der Waals surface area contributed by atoms with Crippen molar-refractivity contribution in [3.8, 4) is 0 Å². The second kappa shape index (κ2) is 3.37. The summed E-state index contributed by atoms with van der Waals surface area (Å²) in [7, 11) is 0. The molecule has 0 radical (unpaired) electrons. The molecule has 0 unspecified atom stereocenters. The maximum Gasteiger partial charge on any atom is 0.112 e. The monoisotopic (exact) mass is 191 g/mol. The molecule has 0 spiro atoms. The van der Waals surface area contributed by atoms with Gasteiger partial charge >= 0.3 is 0 Å². The van der Waals surface area contributed by atoms with E-state index >= 15 is 0 Å². The lowest BCUT2D eigenvalue weighted by atomic mass is 10.1. The van der Waals surface area contributed by atoms with Gasteiger partial charge in [-0.05, 0) is 20.4 Å². The van der Waals surface area contributed by atoms with Gasteiger partial charge in [0.15, 0.2) is 0 Å². The highest BCUT2D eigenvalue weighted by molar-refractivity contribution is 5.96. The predicted octanol–water partition coefficient (Wildman–Crippen LogP) is 1.41. The number of nitrogens with two attached hydrogens (primary N) is 3. The number of nitrogens with zero attached hydrogens (tertiary/aromatic N) is 2. The van der Waals surface area contributed by atoms with Gasteiger partial charge in [-0.2, -0.15) is 0 Å². The Morgan fingerprint density at radius 3 is 1.79 bits per heavy atom. The van der Waals surface area contributed by atoms with Crippen LogP contribution in [-0.2, 0) is 0 Å². The molecule has 0 aliphatic heterocycles. The number of rotatable bonds is 2. The van der Waals surface area contributed by atoms with E-state index in [1.54, 1.807) is 6.92 Å². The molecule has 0 atom stereocenters. The van der Waals surface area contributed by atoms with Gasteiger partial charge in [0.25, 0.3) is 0 Å². The van der Waals surface area contributed by atoms with Crippen LogP contribution in [0.25, 0.3) is 0 Å². The van der Waals surface area contributed by atoms with Crippen LogP contribution in [0.1, 0.15) is 5.56 Å². The van der Waals surface area contributed by atoms with E-state index in [1.165, 1.54) is 0 Å². The van der Waals surface area contributed by atoms with Crippen molar-refractivity contribution >= 4 is 41.9 Å². The molecular weight excluding hydrogens is 178 g/mol. The maximum atomic E-state index is 5.77. The van der Waals surface area contributed by atoms with E-state index in [4.69, 9.17) is 17.2 Å². The third-order valence-corrected chi connectivity index (χ3v) is 2.13. The first kappa shape index (κ1) is 10.0. The Labute approximate surface area is 82.3 Å². The van der Waals surface area contributed by atoms with Gasteiger partial charge in [-0.1, -0.05) is 0 Å². The number of hydrogen-bond donors (Lipinski definition) is 3. The van der Waals surface area contributed by atoms with E-state index in [2.05, 4.69) is 23.4 Å². The van der Waals surface area contributed by atoms with Crippen LogP contribution in [0.15, 0.2) is 9.98 Å². The Morgan fingerprint density at radius 1 is 0.857 bits per heavy atom. The summed E-state index contributed by atoms with van der Waals surface area (Å²) in [6, 6.07) is 0. The molecule has 0 heterocycles. The second-order valence-electron chi connectivity index (χ2n) is 2.88. The van der Waals surface area contributed by atoms with E-state index in [0.717, 1.165) is 0 Å². The molecule has 0 bridgehead atoms. The standard InChI is InChI=1S/C9H13N5/c1-4-5(10)6(11)9(14-3)7(12)8(4)13-2/h2-3,10-12H2,1H3. The summed E-state index contributed by atoms with van der Waals surface area (Å²) < 4.78 is 0. The van der Waals surface area contributed by atoms with Crippen molar-refractivity contribution in [3.63, 3.8) is 0 Å². The SMILES string of the molecule is C=Nc1c(C)c(N)c(N)c(N=C)c1N. The van der Waals surface area contributed by atoms with Crippen LogP contribution >= 0.6 is 0 Å². The van der Waals surface area contributed by atoms with Gasteiger partial charge in [0.1, 0.15) is 5.69 Å². The zero-order chi connectivity index (χ0) is 10.9. The molecule has 1 rings (SSSR count). The smallest absolute Gasteiger partial charge is 0.112 e. The summed E-state index contributed by atoms with van der Waals surface area (Å²) in [5.41, 5.74) is 19.9. The molecule has 5 heteroatoms. The van der Waals surface area contributed by atoms with Crippen LogP contribution in [0.4, 0.5) is 28.4 Å². The molecule has 0 aromatic heterocycles. The Balaban J connectivity index is 3.72. The first-order valence-electron chi connectivity index (χ1n) is 3.95. The fraction of sp³-hybridized carbons (Fsp3) is 0.111. The van der Waals surface area contributed by atoms with Gasteiger partial charge in [0.2, 0.25) is 0 Å². The van der Waals surface area contributed by atoms with Crippen molar-refractivity contribution in [2.24, 2.45) is 9.98 Å². The highest BCUT2D eigenvalue weighted by Crippen LogP contribution is 2.44. The third kappa shape index (κ3) is 1.19. The van der Waals surface area contributed by atoms with Crippen molar-refractivity contribution in [2.75, 3.05) is 17.2 Å². The highest BCUT2D eigenvalue weighted by atomic mass is 14.9. The van der Waals surface area contributed by atoms with Gasteiger partial charge < -0.3 is 17.2 Å². The first-order valence-corrected chi connectivity index (χ1v) is 3.95. The number of nitrogen functional groups attached to an aromatic ring is 3. The molecule has 74 valence electrons. The van der Waals surface area contributed by atoms with Gasteiger partial charge in [0, 0.05) is 5.56 Å². The first-order chi connectivity index (χ1) is 6.54. The zero-order valence-electron chi connectivity index (χ0n) is 8.04. The minimum Gasteiger partial charge on any atom is -0.397 e. The van der Waals surface area contributed by atoms with Gasteiger partial charge in [-0.25, -0.2) is 0 Å². The van der Waals surface area contributed by atoms with Gasteiger partial charge in [0.05, 0.1) is 22.7 Å². The van der Waals surface area contributed by atoms with Gasteiger partial charge in [-0.3, -0.25) is 9.98 Å². The zero-order valence-corrected chi connectivity index (χ0v) is 8.04. The number of anilines is 3. The highest BCUT2D eigenvalue weighted by Gasteiger charge is 2.14. The van der Waals surface area contributed by atoms with Gasteiger partial charge in [-0.15, -0.1) is 0 Å². The molecule has 1 aromatic carbocycles. The molecule has 0 fully saturated rings. The van der Waals surface area contributed by atoms with Crippen molar-refractivity contribution in [1.29, 1.82) is 0 Å². The fourth-order valence-corrected chi connectivity index (χ4v) is 1.29. The summed E-state index contributed by atoms with van der Waals surface area (Å²) >= 11 is 0. The van der Waals surface area contributed by atoms with Crippen molar-refractivity contribution < 1.29 is 0 Å². The van der Waals surface area contributed by atoms with Crippen molar-refractivity contribution in [3.05, 3.63) is 5.56 Å². The molecule has 0 saturated heterocycles. The van der Waals surface area contributed by atoms with Crippen LogP contribution in [0.5, 0.6) is 0 Å². The predicted molar refractivity (Wildman–Crippen MR) is 62.8 cm³/mol. The summed E-state index contributed by atoms with van der Waals surface area (Å²) in [6.45, 7) is 8.56. The van der Waals surface area contributed by atoms with Crippen LogP contribution in [-0.4, -0.2) is 13.4 Å². The van der Waals surface area contributed by atoms with Crippen LogP contribution < -0.4 is 17.2 Å². The average Bonchev–Trinajstić information content (AvgIpc) is 2.16. The maximum absolute atomic E-state index is 5.77. The molecular formula is C9H13N5. The molecule has 0 aliphatic rings. The largest absolute Gasteiger partial charge is 0.397 e. The Kier molecular flexibility index (Phi) is 2.42.